The number of esters is 1. The molecule has 2 aromatic rings. The van der Waals surface area contributed by atoms with Gasteiger partial charge < -0.3 is 14.4 Å². The fraction of sp³-hybridized carbons (Fsp3) is 0.294. The molecule has 2 rings (SSSR count). The summed E-state index contributed by atoms with van der Waals surface area (Å²) < 4.78 is 10.7. The van der Waals surface area contributed by atoms with Crippen molar-refractivity contribution in [3.05, 3.63) is 55.2 Å². The lowest BCUT2D eigenvalue weighted by Gasteiger charge is -2.20. The summed E-state index contributed by atoms with van der Waals surface area (Å²) in [6.45, 7) is 2.09. The number of nitro groups is 1. The predicted molar refractivity (Wildman–Crippen MR) is 100 cm³/mol. The van der Waals surface area contributed by atoms with Crippen LogP contribution in [0.5, 0.6) is 5.75 Å². The van der Waals surface area contributed by atoms with E-state index in [1.807, 2.05) is 6.07 Å². The second kappa shape index (κ2) is 9.33. The average Bonchev–Trinajstić information content (AvgIpc) is 3.08. The van der Waals surface area contributed by atoms with E-state index >= 15 is 0 Å². The molecule has 0 aliphatic heterocycles. The number of non-ortho nitro benzene ring substituents is 1. The Morgan fingerprint density at radius 2 is 2.04 bits per heavy atom. The summed E-state index contributed by atoms with van der Waals surface area (Å²) in [5.41, 5.74) is -0.397. The minimum Gasteiger partial charge on any atom is -0.496 e. The van der Waals surface area contributed by atoms with Gasteiger partial charge in [0.1, 0.15) is 11.3 Å². The molecule has 144 valence electrons. The van der Waals surface area contributed by atoms with E-state index in [2.05, 4.69) is 0 Å². The maximum Gasteiger partial charge on any atom is 0.342 e. The van der Waals surface area contributed by atoms with E-state index in [1.54, 1.807) is 13.0 Å². The molecular weight excluding hydrogens is 396 g/mol. The fourth-order valence-corrected chi connectivity index (χ4v) is 3.37. The van der Waals surface area contributed by atoms with Crippen LogP contribution in [0.4, 0.5) is 5.69 Å². The summed E-state index contributed by atoms with van der Waals surface area (Å²) in [6, 6.07) is 7.13. The zero-order valence-corrected chi connectivity index (χ0v) is 16.2. The number of methoxy groups -OCH3 is 1. The number of amides is 1. The number of hydrogen-bond acceptors (Lipinski definition) is 7. The van der Waals surface area contributed by atoms with Crippen LogP contribution in [0, 0.1) is 10.1 Å². The number of likely N-dealkylation sites (N-methyl/N-ethyl adjacent to an activating group) is 1. The highest BCUT2D eigenvalue weighted by Crippen LogP contribution is 2.25. The maximum absolute atomic E-state index is 12.3. The van der Waals surface area contributed by atoms with Crippen LogP contribution in [0.3, 0.4) is 0 Å². The molecule has 0 fully saturated rings. The van der Waals surface area contributed by atoms with Gasteiger partial charge in [-0.05, 0) is 25.1 Å². The molecular formula is C17H17ClN2O6S. The van der Waals surface area contributed by atoms with Crippen molar-refractivity contribution >= 4 is 40.5 Å². The van der Waals surface area contributed by atoms with Crippen molar-refractivity contribution in [1.29, 1.82) is 0 Å². The minimum atomic E-state index is -0.876. The van der Waals surface area contributed by atoms with Crippen molar-refractivity contribution in [3.63, 3.8) is 0 Å². The van der Waals surface area contributed by atoms with Crippen LogP contribution >= 0.6 is 22.9 Å². The highest BCUT2D eigenvalue weighted by atomic mass is 35.5. The number of thiophene rings is 1. The molecule has 1 heterocycles. The number of hydrogen-bond donors (Lipinski definition) is 0. The molecule has 8 nitrogen and oxygen atoms in total. The summed E-state index contributed by atoms with van der Waals surface area (Å²) in [4.78, 5) is 37.3. The molecule has 0 aliphatic carbocycles. The van der Waals surface area contributed by atoms with Crippen molar-refractivity contribution in [3.8, 4) is 5.75 Å². The second-order valence-corrected chi connectivity index (χ2v) is 7.13. The van der Waals surface area contributed by atoms with Crippen LogP contribution in [0.15, 0.2) is 30.3 Å². The van der Waals surface area contributed by atoms with Gasteiger partial charge in [0.05, 0.1) is 22.9 Å². The quantitative estimate of drug-likeness (QED) is 0.373. The van der Waals surface area contributed by atoms with Gasteiger partial charge in [-0.25, -0.2) is 4.79 Å². The third-order valence-corrected chi connectivity index (χ3v) is 4.87. The molecule has 0 N–H and O–H groups in total. The van der Waals surface area contributed by atoms with Gasteiger partial charge in [0.2, 0.25) is 0 Å². The van der Waals surface area contributed by atoms with Crippen molar-refractivity contribution in [2.45, 2.75) is 13.5 Å². The maximum atomic E-state index is 12.3. The number of halogens is 1. The van der Waals surface area contributed by atoms with Gasteiger partial charge in [0.15, 0.2) is 6.61 Å². The average molecular weight is 413 g/mol. The normalized spacial score (nSPS) is 10.3. The lowest BCUT2D eigenvalue weighted by molar-refractivity contribution is -0.384. The summed E-state index contributed by atoms with van der Waals surface area (Å²) in [5, 5.41) is 10.9. The number of carbonyl (C=O) groups is 2. The molecule has 0 unspecified atom stereocenters. The van der Waals surface area contributed by atoms with Crippen LogP contribution in [0.2, 0.25) is 4.34 Å². The number of nitrogens with zero attached hydrogens (tertiary/aromatic N) is 2. The van der Waals surface area contributed by atoms with E-state index < -0.39 is 17.5 Å². The zero-order valence-electron chi connectivity index (χ0n) is 14.6. The van der Waals surface area contributed by atoms with E-state index in [-0.39, 0.29) is 22.9 Å². The lowest BCUT2D eigenvalue weighted by Crippen LogP contribution is -2.33. The molecule has 0 atom stereocenters. The Hall–Kier alpha value is -2.65. The standard InChI is InChI=1S/C17H17ClN2O6S/c1-3-19(9-12-5-7-15(18)27-12)16(21)10-26-17(22)13-8-11(20(23)24)4-6-14(13)25-2/h4-8H,3,9-10H2,1-2H3. The van der Waals surface area contributed by atoms with Gasteiger partial charge in [0, 0.05) is 23.6 Å². The van der Waals surface area contributed by atoms with Crippen molar-refractivity contribution < 1.29 is 24.0 Å². The Morgan fingerprint density at radius 1 is 1.30 bits per heavy atom. The van der Waals surface area contributed by atoms with Crippen LogP contribution in [0.1, 0.15) is 22.2 Å². The number of nitro benzene ring substituents is 1. The summed E-state index contributed by atoms with van der Waals surface area (Å²) >= 11 is 7.25. The highest BCUT2D eigenvalue weighted by Gasteiger charge is 2.21. The first-order valence-electron chi connectivity index (χ1n) is 7.87. The summed E-state index contributed by atoms with van der Waals surface area (Å²) in [6.07, 6.45) is 0. The van der Waals surface area contributed by atoms with Gasteiger partial charge in [-0.2, -0.15) is 0 Å². The Bertz CT molecular complexity index is 854. The number of carbonyl (C=O) groups excluding carboxylic acids is 2. The predicted octanol–water partition coefficient (Wildman–Crippen LogP) is 3.52. The van der Waals surface area contributed by atoms with Gasteiger partial charge in [-0.15, -0.1) is 11.3 Å². The molecule has 0 aliphatic rings. The molecule has 1 aromatic heterocycles. The van der Waals surface area contributed by atoms with Crippen LogP contribution in [0.25, 0.3) is 0 Å². The largest absolute Gasteiger partial charge is 0.496 e. The smallest absolute Gasteiger partial charge is 0.342 e. The topological polar surface area (TPSA) is 99.0 Å². The fourth-order valence-electron chi connectivity index (χ4n) is 2.27. The third kappa shape index (κ3) is 5.41. The summed E-state index contributed by atoms with van der Waals surface area (Å²) in [7, 11) is 1.33. The van der Waals surface area contributed by atoms with Crippen LogP contribution in [-0.2, 0) is 16.1 Å². The van der Waals surface area contributed by atoms with Crippen molar-refractivity contribution in [2.75, 3.05) is 20.3 Å². The number of ether oxygens (including phenoxy) is 2. The zero-order chi connectivity index (χ0) is 20.0. The Labute approximate surface area is 164 Å². The monoisotopic (exact) mass is 412 g/mol. The van der Waals surface area contributed by atoms with E-state index in [0.717, 1.165) is 10.9 Å². The van der Waals surface area contributed by atoms with Crippen molar-refractivity contribution in [1.82, 2.24) is 4.90 Å². The first kappa shape index (κ1) is 20.7. The first-order chi connectivity index (χ1) is 12.8. The number of benzene rings is 1. The lowest BCUT2D eigenvalue weighted by atomic mass is 10.2. The second-order valence-electron chi connectivity index (χ2n) is 5.33. The molecule has 10 heteroatoms. The van der Waals surface area contributed by atoms with E-state index in [9.17, 15) is 19.7 Å². The SMILES string of the molecule is CCN(Cc1ccc(Cl)s1)C(=O)COC(=O)c1cc([N+](=O)[O-])ccc1OC. The Kier molecular flexibility index (Phi) is 7.14. The number of rotatable bonds is 8. The minimum absolute atomic E-state index is 0.118. The first-order valence-corrected chi connectivity index (χ1v) is 9.06. The molecule has 1 aromatic carbocycles. The molecule has 0 saturated carbocycles. The Balaban J connectivity index is 2.04. The molecule has 27 heavy (non-hydrogen) atoms. The van der Waals surface area contributed by atoms with Crippen LogP contribution in [-0.4, -0.2) is 42.0 Å². The van der Waals surface area contributed by atoms with E-state index in [0.29, 0.717) is 17.4 Å². The van der Waals surface area contributed by atoms with E-state index in [4.69, 9.17) is 21.1 Å². The Morgan fingerprint density at radius 3 is 2.59 bits per heavy atom. The molecule has 0 saturated heterocycles. The third-order valence-electron chi connectivity index (χ3n) is 3.65. The molecule has 0 radical (unpaired) electrons. The van der Waals surface area contributed by atoms with E-state index in [1.165, 1.54) is 35.5 Å². The molecule has 1 amide bonds. The molecule has 0 bridgehead atoms. The van der Waals surface area contributed by atoms with Gasteiger partial charge >= 0.3 is 5.97 Å². The van der Waals surface area contributed by atoms with Gasteiger partial charge in [-0.1, -0.05) is 11.6 Å². The highest BCUT2D eigenvalue weighted by molar-refractivity contribution is 7.16. The van der Waals surface area contributed by atoms with Crippen molar-refractivity contribution in [2.24, 2.45) is 0 Å². The van der Waals surface area contributed by atoms with Crippen LogP contribution < -0.4 is 4.74 Å². The molecule has 0 spiro atoms. The van der Waals surface area contributed by atoms with Gasteiger partial charge in [0.25, 0.3) is 11.6 Å². The summed E-state index contributed by atoms with van der Waals surface area (Å²) in [5.74, 6) is -1.14. The van der Waals surface area contributed by atoms with Gasteiger partial charge in [-0.3, -0.25) is 14.9 Å².